The van der Waals surface area contributed by atoms with Gasteiger partial charge >= 0.3 is 6.03 Å². The third kappa shape index (κ3) is 2.91. The Morgan fingerprint density at radius 3 is 3.11 bits per heavy atom. The van der Waals surface area contributed by atoms with Gasteiger partial charge in [-0.3, -0.25) is 4.79 Å². The van der Waals surface area contributed by atoms with Gasteiger partial charge in [0.25, 0.3) is 5.91 Å². The predicted octanol–water partition coefficient (Wildman–Crippen LogP) is 1.55. The molecule has 1 aromatic carbocycles. The second-order valence-corrected chi connectivity index (χ2v) is 3.93. The Kier molecular flexibility index (Phi) is 3.66. The number of anilines is 2. The molecule has 0 unspecified atom stereocenters. The normalized spacial score (nSPS) is 13.1. The second kappa shape index (κ2) is 5.39. The molecule has 6 nitrogen and oxygen atoms in total. The molecule has 0 saturated carbocycles. The van der Waals surface area contributed by atoms with Crippen LogP contribution in [-0.2, 0) is 4.79 Å². The molecule has 0 fully saturated rings. The third-order valence-electron chi connectivity index (χ3n) is 2.41. The molecule has 0 spiro atoms. The van der Waals surface area contributed by atoms with Crippen molar-refractivity contribution in [2.24, 2.45) is 0 Å². The minimum absolute atomic E-state index is 0.0246. The van der Waals surface area contributed by atoms with Crippen LogP contribution < -0.4 is 20.7 Å². The molecule has 6 heteroatoms. The Morgan fingerprint density at radius 1 is 1.50 bits per heavy atom. The minimum atomic E-state index is -0.264. The maximum atomic E-state index is 11.5. The number of rotatable bonds is 3. The van der Waals surface area contributed by atoms with Crippen LogP contribution in [0.4, 0.5) is 16.2 Å². The van der Waals surface area contributed by atoms with Gasteiger partial charge in [0.15, 0.2) is 6.61 Å². The number of carbonyl (C=O) groups excluding carboxylic acids is 2. The number of nitrogens with one attached hydrogen (secondary N) is 3. The van der Waals surface area contributed by atoms with Crippen LogP contribution in [0.25, 0.3) is 0 Å². The van der Waals surface area contributed by atoms with Crippen LogP contribution in [0.1, 0.15) is 13.3 Å². The topological polar surface area (TPSA) is 79.5 Å². The van der Waals surface area contributed by atoms with Gasteiger partial charge in [-0.15, -0.1) is 0 Å². The number of benzene rings is 1. The third-order valence-corrected chi connectivity index (χ3v) is 2.41. The Morgan fingerprint density at radius 2 is 2.33 bits per heavy atom. The molecule has 18 heavy (non-hydrogen) atoms. The largest absolute Gasteiger partial charge is 0.482 e. The van der Waals surface area contributed by atoms with Gasteiger partial charge in [0.1, 0.15) is 5.75 Å². The van der Waals surface area contributed by atoms with Crippen molar-refractivity contribution in [1.82, 2.24) is 5.32 Å². The smallest absolute Gasteiger partial charge is 0.319 e. The van der Waals surface area contributed by atoms with Gasteiger partial charge in [-0.2, -0.15) is 0 Å². The average Bonchev–Trinajstić information content (AvgIpc) is 2.36. The quantitative estimate of drug-likeness (QED) is 0.760. The zero-order valence-electron chi connectivity index (χ0n) is 10.1. The molecule has 1 aliphatic rings. The van der Waals surface area contributed by atoms with E-state index in [9.17, 15) is 9.59 Å². The number of amides is 3. The first kappa shape index (κ1) is 12.2. The summed E-state index contributed by atoms with van der Waals surface area (Å²) < 4.78 is 5.22. The fourth-order valence-electron chi connectivity index (χ4n) is 1.57. The molecular weight excluding hydrogens is 234 g/mol. The van der Waals surface area contributed by atoms with E-state index in [-0.39, 0.29) is 18.5 Å². The van der Waals surface area contributed by atoms with Crippen molar-refractivity contribution in [3.05, 3.63) is 18.2 Å². The van der Waals surface area contributed by atoms with E-state index in [2.05, 4.69) is 16.0 Å². The molecule has 0 saturated heterocycles. The van der Waals surface area contributed by atoms with Crippen LogP contribution in [0.5, 0.6) is 5.75 Å². The zero-order valence-corrected chi connectivity index (χ0v) is 10.1. The highest BCUT2D eigenvalue weighted by molar-refractivity contribution is 5.97. The summed E-state index contributed by atoms with van der Waals surface area (Å²) in [7, 11) is 0. The summed E-state index contributed by atoms with van der Waals surface area (Å²) in [6.07, 6.45) is 0.876. The number of carbonyl (C=O) groups is 2. The molecule has 0 aliphatic carbocycles. The van der Waals surface area contributed by atoms with Gasteiger partial charge in [-0.1, -0.05) is 6.92 Å². The molecule has 1 aliphatic heterocycles. The molecule has 0 bridgehead atoms. The van der Waals surface area contributed by atoms with E-state index in [1.165, 1.54) is 0 Å². The molecular formula is C12H15N3O3. The van der Waals surface area contributed by atoms with E-state index < -0.39 is 0 Å². The number of fused-ring (bicyclic) bond motifs is 1. The highest BCUT2D eigenvalue weighted by Gasteiger charge is 2.16. The molecule has 3 amide bonds. The maximum absolute atomic E-state index is 11.5. The van der Waals surface area contributed by atoms with Crippen molar-refractivity contribution in [3.8, 4) is 5.75 Å². The number of hydrogen-bond acceptors (Lipinski definition) is 3. The van der Waals surface area contributed by atoms with Crippen molar-refractivity contribution < 1.29 is 14.3 Å². The Labute approximate surface area is 105 Å². The summed E-state index contributed by atoms with van der Waals surface area (Å²) in [4.78, 5) is 22.6. The van der Waals surface area contributed by atoms with Gasteiger partial charge in [-0.25, -0.2) is 4.79 Å². The molecule has 1 heterocycles. The number of hydrogen-bond donors (Lipinski definition) is 3. The Balaban J connectivity index is 2.04. The minimum Gasteiger partial charge on any atom is -0.482 e. The van der Waals surface area contributed by atoms with E-state index in [0.29, 0.717) is 23.7 Å². The van der Waals surface area contributed by atoms with E-state index in [1.54, 1.807) is 18.2 Å². The second-order valence-electron chi connectivity index (χ2n) is 3.93. The van der Waals surface area contributed by atoms with E-state index in [4.69, 9.17) is 4.74 Å². The highest BCUT2D eigenvalue weighted by atomic mass is 16.5. The summed E-state index contributed by atoms with van der Waals surface area (Å²) in [6, 6.07) is 4.84. The lowest BCUT2D eigenvalue weighted by Gasteiger charge is -2.18. The summed E-state index contributed by atoms with van der Waals surface area (Å²) in [6.45, 7) is 2.62. The fourth-order valence-corrected chi connectivity index (χ4v) is 1.57. The molecule has 96 valence electrons. The van der Waals surface area contributed by atoms with Gasteiger partial charge < -0.3 is 20.7 Å². The molecule has 3 N–H and O–H groups in total. The maximum Gasteiger partial charge on any atom is 0.319 e. The lowest BCUT2D eigenvalue weighted by molar-refractivity contribution is -0.118. The van der Waals surface area contributed by atoms with Crippen LogP contribution >= 0.6 is 0 Å². The van der Waals surface area contributed by atoms with Crippen molar-refractivity contribution in [2.75, 3.05) is 23.8 Å². The lowest BCUT2D eigenvalue weighted by atomic mass is 10.2. The van der Waals surface area contributed by atoms with Crippen molar-refractivity contribution in [3.63, 3.8) is 0 Å². The highest BCUT2D eigenvalue weighted by Crippen LogP contribution is 2.30. The van der Waals surface area contributed by atoms with Gasteiger partial charge in [-0.05, 0) is 24.6 Å². The van der Waals surface area contributed by atoms with Crippen LogP contribution in [0.3, 0.4) is 0 Å². The van der Waals surface area contributed by atoms with Crippen LogP contribution in [0, 0.1) is 0 Å². The molecule has 0 atom stereocenters. The van der Waals surface area contributed by atoms with Crippen molar-refractivity contribution >= 4 is 23.3 Å². The SMILES string of the molecule is CCCNC(=O)Nc1ccc2c(c1)NC(=O)CO2. The average molecular weight is 249 g/mol. The Bertz CT molecular complexity index is 474. The first-order valence-corrected chi connectivity index (χ1v) is 5.80. The molecule has 0 aromatic heterocycles. The zero-order chi connectivity index (χ0) is 13.0. The monoisotopic (exact) mass is 249 g/mol. The molecule has 1 aromatic rings. The first-order chi connectivity index (χ1) is 8.69. The summed E-state index contributed by atoms with van der Waals surface area (Å²) in [5, 5.41) is 8.07. The van der Waals surface area contributed by atoms with Crippen LogP contribution in [0.2, 0.25) is 0 Å². The standard InChI is InChI=1S/C12H15N3O3/c1-2-5-13-12(17)14-8-3-4-10-9(6-8)15-11(16)7-18-10/h3-4,6H,2,5,7H2,1H3,(H,15,16)(H2,13,14,17). The van der Waals surface area contributed by atoms with E-state index >= 15 is 0 Å². The van der Waals surface area contributed by atoms with Crippen molar-refractivity contribution in [1.29, 1.82) is 0 Å². The summed E-state index contributed by atoms with van der Waals surface area (Å²) in [5.41, 5.74) is 1.17. The lowest BCUT2D eigenvalue weighted by Crippen LogP contribution is -2.29. The van der Waals surface area contributed by atoms with Crippen LogP contribution in [0.15, 0.2) is 18.2 Å². The first-order valence-electron chi connectivity index (χ1n) is 5.80. The van der Waals surface area contributed by atoms with Gasteiger partial charge in [0, 0.05) is 12.2 Å². The van der Waals surface area contributed by atoms with Crippen LogP contribution in [-0.4, -0.2) is 25.1 Å². The molecule has 0 radical (unpaired) electrons. The van der Waals surface area contributed by atoms with Gasteiger partial charge in [0.05, 0.1) is 5.69 Å². The van der Waals surface area contributed by atoms with Crippen molar-refractivity contribution in [2.45, 2.75) is 13.3 Å². The fraction of sp³-hybridized carbons (Fsp3) is 0.333. The van der Waals surface area contributed by atoms with Gasteiger partial charge in [0.2, 0.25) is 0 Å². The number of ether oxygens (including phenoxy) is 1. The summed E-state index contributed by atoms with van der Waals surface area (Å²) >= 11 is 0. The predicted molar refractivity (Wildman–Crippen MR) is 67.9 cm³/mol. The summed E-state index contributed by atoms with van der Waals surface area (Å²) in [5.74, 6) is 0.407. The Hall–Kier alpha value is -2.24. The molecule has 2 rings (SSSR count). The van der Waals surface area contributed by atoms with E-state index in [1.807, 2.05) is 6.92 Å². The number of urea groups is 1. The van der Waals surface area contributed by atoms with E-state index in [0.717, 1.165) is 6.42 Å².